The molecule has 0 aliphatic carbocycles. The molecule has 0 amide bonds. The number of aromatic nitrogens is 1. The molecule has 0 saturated heterocycles. The molecule has 4 aromatic rings. The van der Waals surface area contributed by atoms with Gasteiger partial charge in [0, 0.05) is 10.9 Å². The van der Waals surface area contributed by atoms with E-state index in [4.69, 9.17) is 9.15 Å². The zero-order chi connectivity index (χ0) is 21.5. The molecule has 0 atom stereocenters. The van der Waals surface area contributed by atoms with E-state index in [9.17, 15) is 22.8 Å². The van der Waals surface area contributed by atoms with E-state index in [0.29, 0.717) is 16.5 Å². The van der Waals surface area contributed by atoms with Crippen LogP contribution in [-0.2, 0) is 4.74 Å². The normalized spacial score (nSPS) is 11.7. The Hall–Kier alpha value is -3.75. The summed E-state index contributed by atoms with van der Waals surface area (Å²) in [5, 5.41) is 0.587. The lowest BCUT2D eigenvalue weighted by molar-refractivity contribution is -0.274. The molecule has 2 heterocycles. The number of pyridine rings is 1. The number of benzene rings is 2. The Morgan fingerprint density at radius 2 is 1.90 bits per heavy atom. The molecule has 1 N–H and O–H groups in total. The molecular weight excluding hydrogens is 403 g/mol. The highest BCUT2D eigenvalue weighted by molar-refractivity contribution is 6.12. The number of hydrogen-bond acceptors (Lipinski definition) is 5. The molecule has 4 rings (SSSR count). The Morgan fingerprint density at radius 1 is 1.13 bits per heavy atom. The van der Waals surface area contributed by atoms with Crippen molar-refractivity contribution in [3.8, 4) is 16.9 Å². The summed E-state index contributed by atoms with van der Waals surface area (Å²) >= 11 is 0. The van der Waals surface area contributed by atoms with E-state index >= 15 is 0 Å². The fourth-order valence-electron chi connectivity index (χ4n) is 3.27. The molecule has 6 nitrogen and oxygen atoms in total. The fourth-order valence-corrected chi connectivity index (χ4v) is 3.27. The van der Waals surface area contributed by atoms with E-state index in [1.165, 1.54) is 12.1 Å². The van der Waals surface area contributed by atoms with Crippen molar-refractivity contribution in [2.24, 2.45) is 0 Å². The average Bonchev–Trinajstić information content (AvgIpc) is 3.04. The Labute approximate surface area is 166 Å². The predicted octanol–water partition coefficient (Wildman–Crippen LogP) is 5.02. The summed E-state index contributed by atoms with van der Waals surface area (Å²) in [7, 11) is 0. The standard InChI is InChI=1S/C21H14F3NO5/c1-2-28-20(27)16-15(11-6-5-7-12(10-11)30-21(22,23)24)18-17(25-19(16)26)13-8-3-4-9-14(13)29-18/h3-10H,2H2,1H3,(H,25,26). The van der Waals surface area contributed by atoms with E-state index in [1.807, 2.05) is 0 Å². The number of para-hydroxylation sites is 1. The van der Waals surface area contributed by atoms with Crippen molar-refractivity contribution in [2.45, 2.75) is 13.3 Å². The highest BCUT2D eigenvalue weighted by Gasteiger charge is 2.32. The van der Waals surface area contributed by atoms with Gasteiger partial charge in [-0.25, -0.2) is 4.79 Å². The van der Waals surface area contributed by atoms with Crippen LogP contribution >= 0.6 is 0 Å². The summed E-state index contributed by atoms with van der Waals surface area (Å²) in [6, 6.07) is 11.8. The number of alkyl halides is 3. The van der Waals surface area contributed by atoms with Crippen LogP contribution in [0.1, 0.15) is 17.3 Å². The van der Waals surface area contributed by atoms with Crippen molar-refractivity contribution in [3.05, 3.63) is 64.4 Å². The summed E-state index contributed by atoms with van der Waals surface area (Å²) in [5.74, 6) is -1.42. The number of esters is 1. The molecule has 0 fully saturated rings. The monoisotopic (exact) mass is 417 g/mol. The van der Waals surface area contributed by atoms with E-state index in [0.717, 1.165) is 12.1 Å². The first-order valence-corrected chi connectivity index (χ1v) is 8.89. The van der Waals surface area contributed by atoms with Crippen molar-refractivity contribution in [1.82, 2.24) is 4.98 Å². The highest BCUT2D eigenvalue weighted by atomic mass is 19.4. The van der Waals surface area contributed by atoms with Gasteiger partial charge < -0.3 is 18.9 Å². The van der Waals surface area contributed by atoms with Crippen molar-refractivity contribution in [2.75, 3.05) is 6.61 Å². The topological polar surface area (TPSA) is 81.5 Å². The third-order valence-electron chi connectivity index (χ3n) is 4.37. The summed E-state index contributed by atoms with van der Waals surface area (Å²) in [5.41, 5.74) is -0.0555. The van der Waals surface area contributed by atoms with Crippen LogP contribution in [0.3, 0.4) is 0 Å². The smallest absolute Gasteiger partial charge is 0.462 e. The maximum absolute atomic E-state index is 12.8. The number of rotatable bonds is 4. The SMILES string of the molecule is CCOC(=O)c1c(-c2cccc(OC(F)(F)F)c2)c2oc3ccccc3c2[nH]c1=O. The highest BCUT2D eigenvalue weighted by Crippen LogP contribution is 2.37. The number of ether oxygens (including phenoxy) is 2. The summed E-state index contributed by atoms with van der Waals surface area (Å²) in [4.78, 5) is 27.9. The lowest BCUT2D eigenvalue weighted by Crippen LogP contribution is -2.21. The molecule has 0 aliphatic rings. The number of hydrogen-bond donors (Lipinski definition) is 1. The Morgan fingerprint density at radius 3 is 2.63 bits per heavy atom. The van der Waals surface area contributed by atoms with Crippen LogP contribution in [0, 0.1) is 0 Å². The first kappa shape index (κ1) is 19.6. The van der Waals surface area contributed by atoms with Gasteiger partial charge in [-0.2, -0.15) is 0 Å². The third-order valence-corrected chi connectivity index (χ3v) is 4.37. The molecule has 0 spiro atoms. The van der Waals surface area contributed by atoms with Crippen LogP contribution in [0.15, 0.2) is 57.7 Å². The molecule has 9 heteroatoms. The van der Waals surface area contributed by atoms with Gasteiger partial charge in [0.05, 0.1) is 12.1 Å². The van der Waals surface area contributed by atoms with Crippen LogP contribution in [0.25, 0.3) is 33.2 Å². The molecular formula is C21H14F3NO5. The van der Waals surface area contributed by atoms with Crippen molar-refractivity contribution in [3.63, 3.8) is 0 Å². The molecule has 0 saturated carbocycles. The lowest BCUT2D eigenvalue weighted by atomic mass is 9.99. The van der Waals surface area contributed by atoms with Gasteiger partial charge in [-0.15, -0.1) is 13.2 Å². The molecule has 0 aliphatic heterocycles. The molecule has 0 unspecified atom stereocenters. The Kier molecular flexibility index (Phi) is 4.73. The minimum Gasteiger partial charge on any atom is -0.462 e. The molecule has 0 bridgehead atoms. The largest absolute Gasteiger partial charge is 0.573 e. The van der Waals surface area contributed by atoms with Crippen molar-refractivity contribution in [1.29, 1.82) is 0 Å². The van der Waals surface area contributed by atoms with Gasteiger partial charge in [0.15, 0.2) is 5.58 Å². The fraction of sp³-hybridized carbons (Fsp3) is 0.143. The van der Waals surface area contributed by atoms with E-state index < -0.39 is 23.6 Å². The zero-order valence-corrected chi connectivity index (χ0v) is 15.5. The van der Waals surface area contributed by atoms with Gasteiger partial charge in [-0.3, -0.25) is 4.79 Å². The Balaban J connectivity index is 2.06. The van der Waals surface area contributed by atoms with Gasteiger partial charge in [-0.05, 0) is 36.8 Å². The number of fused-ring (bicyclic) bond motifs is 3. The van der Waals surface area contributed by atoms with Gasteiger partial charge in [0.1, 0.15) is 16.9 Å². The minimum absolute atomic E-state index is 0.00705. The predicted molar refractivity (Wildman–Crippen MR) is 102 cm³/mol. The number of carbonyl (C=O) groups is 1. The number of carbonyl (C=O) groups excluding carboxylic acids is 1. The summed E-state index contributed by atoms with van der Waals surface area (Å²) < 4.78 is 52.8. The maximum atomic E-state index is 12.8. The first-order chi connectivity index (χ1) is 14.3. The van der Waals surface area contributed by atoms with Crippen molar-refractivity contribution >= 4 is 28.0 Å². The quantitative estimate of drug-likeness (QED) is 0.472. The van der Waals surface area contributed by atoms with Gasteiger partial charge in [0.2, 0.25) is 0 Å². The van der Waals surface area contributed by atoms with E-state index in [1.54, 1.807) is 31.2 Å². The van der Waals surface area contributed by atoms with E-state index in [-0.39, 0.29) is 28.9 Å². The second-order valence-corrected chi connectivity index (χ2v) is 6.30. The van der Waals surface area contributed by atoms with Crippen LogP contribution in [0.5, 0.6) is 5.75 Å². The van der Waals surface area contributed by atoms with Gasteiger partial charge in [0.25, 0.3) is 5.56 Å². The number of H-pyrrole nitrogens is 1. The van der Waals surface area contributed by atoms with Crippen LogP contribution in [0.2, 0.25) is 0 Å². The average molecular weight is 417 g/mol. The summed E-state index contributed by atoms with van der Waals surface area (Å²) in [6.07, 6.45) is -4.90. The molecule has 30 heavy (non-hydrogen) atoms. The second kappa shape index (κ2) is 7.25. The minimum atomic E-state index is -4.90. The molecule has 154 valence electrons. The van der Waals surface area contributed by atoms with Gasteiger partial charge in [-0.1, -0.05) is 24.3 Å². The maximum Gasteiger partial charge on any atom is 0.573 e. The second-order valence-electron chi connectivity index (χ2n) is 6.30. The molecule has 2 aromatic heterocycles. The number of nitrogens with one attached hydrogen (secondary N) is 1. The number of halogens is 3. The van der Waals surface area contributed by atoms with Crippen LogP contribution in [0.4, 0.5) is 13.2 Å². The number of aromatic amines is 1. The van der Waals surface area contributed by atoms with Gasteiger partial charge >= 0.3 is 12.3 Å². The van der Waals surface area contributed by atoms with Crippen molar-refractivity contribution < 1.29 is 31.9 Å². The number of furan rings is 1. The Bertz CT molecular complexity index is 1320. The zero-order valence-electron chi connectivity index (χ0n) is 15.5. The molecule has 2 aromatic carbocycles. The first-order valence-electron chi connectivity index (χ1n) is 8.89. The molecule has 0 radical (unpaired) electrons. The van der Waals surface area contributed by atoms with Crippen LogP contribution < -0.4 is 10.3 Å². The summed E-state index contributed by atoms with van der Waals surface area (Å²) in [6.45, 7) is 1.58. The van der Waals surface area contributed by atoms with E-state index in [2.05, 4.69) is 9.72 Å². The lowest BCUT2D eigenvalue weighted by Gasteiger charge is -2.12. The third kappa shape index (κ3) is 3.49. The van der Waals surface area contributed by atoms with Crippen LogP contribution in [-0.4, -0.2) is 23.9 Å².